The molecule has 0 saturated heterocycles. The lowest BCUT2D eigenvalue weighted by Gasteiger charge is -2.06. The normalized spacial score (nSPS) is 11.7. The average Bonchev–Trinajstić information content (AvgIpc) is 2.72. The fraction of sp³-hybridized carbons (Fsp3) is 0. The number of anilines is 1. The van der Waals surface area contributed by atoms with Gasteiger partial charge in [0.15, 0.2) is 0 Å². The highest BCUT2D eigenvalue weighted by Gasteiger charge is 2.14. The van der Waals surface area contributed by atoms with Crippen LogP contribution in [0.1, 0.15) is 5.56 Å². The number of rotatable bonds is 4. The molecule has 144 valence electrons. The Morgan fingerprint density at radius 3 is 2.69 bits per heavy atom. The standard InChI is InChI=1S/C21H13ClN2O5/c22-17-7-6-13(9-18(17)24(27)28)23-11-19(25)16-10-15-14-4-2-1-3-12(14)5-8-20(15)29-21(16)26/h1-11,23,25H/b19-11-. The van der Waals surface area contributed by atoms with Crippen LogP contribution in [0.2, 0.25) is 5.02 Å². The summed E-state index contributed by atoms with van der Waals surface area (Å²) in [5, 5.41) is 26.6. The summed E-state index contributed by atoms with van der Waals surface area (Å²) in [7, 11) is 0. The van der Waals surface area contributed by atoms with Crippen LogP contribution in [0, 0.1) is 10.1 Å². The topological polar surface area (TPSA) is 106 Å². The molecular weight excluding hydrogens is 396 g/mol. The second-order valence-corrected chi connectivity index (χ2v) is 6.65. The van der Waals surface area contributed by atoms with Gasteiger partial charge in [0, 0.05) is 23.3 Å². The van der Waals surface area contributed by atoms with E-state index in [0.717, 1.165) is 17.0 Å². The van der Waals surface area contributed by atoms with Crippen LogP contribution in [-0.4, -0.2) is 10.0 Å². The molecule has 0 bridgehead atoms. The molecule has 0 amide bonds. The van der Waals surface area contributed by atoms with Crippen LogP contribution < -0.4 is 10.9 Å². The first-order chi connectivity index (χ1) is 13.9. The maximum absolute atomic E-state index is 12.3. The van der Waals surface area contributed by atoms with Crippen molar-refractivity contribution in [2.75, 3.05) is 5.32 Å². The van der Waals surface area contributed by atoms with Crippen LogP contribution in [0.25, 0.3) is 27.5 Å². The van der Waals surface area contributed by atoms with E-state index >= 15 is 0 Å². The van der Waals surface area contributed by atoms with Crippen LogP contribution in [0.4, 0.5) is 11.4 Å². The first-order valence-corrected chi connectivity index (χ1v) is 8.87. The highest BCUT2D eigenvalue weighted by molar-refractivity contribution is 6.32. The second-order valence-electron chi connectivity index (χ2n) is 6.24. The summed E-state index contributed by atoms with van der Waals surface area (Å²) >= 11 is 5.79. The minimum Gasteiger partial charge on any atom is -0.506 e. The van der Waals surface area contributed by atoms with Crippen molar-refractivity contribution in [2.45, 2.75) is 0 Å². The number of nitrogens with zero attached hydrogens (tertiary/aromatic N) is 1. The maximum atomic E-state index is 12.3. The van der Waals surface area contributed by atoms with Gasteiger partial charge in [-0.05, 0) is 35.0 Å². The van der Waals surface area contributed by atoms with Crippen LogP contribution in [0.5, 0.6) is 0 Å². The summed E-state index contributed by atoms with van der Waals surface area (Å²) in [6.07, 6.45) is 1.16. The van der Waals surface area contributed by atoms with Gasteiger partial charge in [-0.3, -0.25) is 10.1 Å². The Morgan fingerprint density at radius 1 is 1.10 bits per heavy atom. The molecule has 3 aromatic carbocycles. The number of fused-ring (bicyclic) bond motifs is 3. The molecule has 0 atom stereocenters. The Kier molecular flexibility index (Phi) is 4.66. The van der Waals surface area contributed by atoms with Crippen molar-refractivity contribution in [3.05, 3.63) is 98.0 Å². The number of nitro benzene ring substituents is 1. The summed E-state index contributed by atoms with van der Waals surface area (Å²) in [4.78, 5) is 22.7. The number of nitrogens with one attached hydrogen (secondary N) is 1. The van der Waals surface area contributed by atoms with E-state index in [4.69, 9.17) is 16.0 Å². The van der Waals surface area contributed by atoms with E-state index in [0.29, 0.717) is 16.7 Å². The first-order valence-electron chi connectivity index (χ1n) is 8.49. The molecular formula is C21H13ClN2O5. The molecule has 7 nitrogen and oxygen atoms in total. The highest BCUT2D eigenvalue weighted by Crippen LogP contribution is 2.28. The number of halogens is 1. The molecule has 0 unspecified atom stereocenters. The molecule has 0 aliphatic heterocycles. The summed E-state index contributed by atoms with van der Waals surface area (Å²) in [5.74, 6) is -0.369. The van der Waals surface area contributed by atoms with Gasteiger partial charge in [-0.15, -0.1) is 0 Å². The largest absolute Gasteiger partial charge is 0.506 e. The van der Waals surface area contributed by atoms with Gasteiger partial charge >= 0.3 is 5.63 Å². The molecule has 0 spiro atoms. The van der Waals surface area contributed by atoms with E-state index in [1.165, 1.54) is 18.2 Å². The summed E-state index contributed by atoms with van der Waals surface area (Å²) in [6, 6.07) is 16.8. The number of aliphatic hydroxyl groups is 1. The zero-order valence-corrected chi connectivity index (χ0v) is 15.5. The van der Waals surface area contributed by atoms with E-state index in [1.807, 2.05) is 30.3 Å². The molecule has 1 heterocycles. The minimum absolute atomic E-state index is 0.00389. The van der Waals surface area contributed by atoms with Gasteiger partial charge in [0.05, 0.1) is 4.92 Å². The second kappa shape index (κ2) is 7.29. The minimum atomic E-state index is -0.703. The number of nitro groups is 1. The van der Waals surface area contributed by atoms with Gasteiger partial charge in [-0.2, -0.15) is 0 Å². The van der Waals surface area contributed by atoms with Crippen molar-refractivity contribution >= 4 is 50.5 Å². The van der Waals surface area contributed by atoms with E-state index < -0.39 is 10.5 Å². The third-order valence-corrected chi connectivity index (χ3v) is 4.76. The fourth-order valence-electron chi connectivity index (χ4n) is 3.02. The molecule has 2 N–H and O–H groups in total. The van der Waals surface area contributed by atoms with Crippen molar-refractivity contribution in [2.24, 2.45) is 0 Å². The van der Waals surface area contributed by atoms with Crippen LogP contribution in [0.15, 0.2) is 76.1 Å². The molecule has 0 aliphatic rings. The molecule has 0 saturated carbocycles. The Labute approximate surface area is 168 Å². The molecule has 0 radical (unpaired) electrons. The average molecular weight is 409 g/mol. The van der Waals surface area contributed by atoms with Crippen molar-refractivity contribution in [3.8, 4) is 0 Å². The third-order valence-electron chi connectivity index (χ3n) is 4.44. The van der Waals surface area contributed by atoms with Gasteiger partial charge in [0.2, 0.25) is 0 Å². The summed E-state index contributed by atoms with van der Waals surface area (Å²) in [5.41, 5.74) is -0.286. The molecule has 4 rings (SSSR count). The third kappa shape index (κ3) is 3.51. The number of benzene rings is 3. The van der Waals surface area contributed by atoms with Gasteiger partial charge in [0.25, 0.3) is 5.69 Å². The number of hydrogen-bond acceptors (Lipinski definition) is 6. The van der Waals surface area contributed by atoms with E-state index in [2.05, 4.69) is 5.32 Å². The molecule has 8 heteroatoms. The molecule has 0 aliphatic carbocycles. The number of aliphatic hydroxyl groups excluding tert-OH is 1. The van der Waals surface area contributed by atoms with Gasteiger partial charge in [0.1, 0.15) is 21.9 Å². The van der Waals surface area contributed by atoms with Gasteiger partial charge < -0.3 is 14.8 Å². The summed E-state index contributed by atoms with van der Waals surface area (Å²) < 4.78 is 5.35. The Morgan fingerprint density at radius 2 is 1.90 bits per heavy atom. The lowest BCUT2D eigenvalue weighted by atomic mass is 10.0. The monoisotopic (exact) mass is 408 g/mol. The Balaban J connectivity index is 1.75. The smallest absolute Gasteiger partial charge is 0.347 e. The summed E-state index contributed by atoms with van der Waals surface area (Å²) in [6.45, 7) is 0. The van der Waals surface area contributed by atoms with Crippen LogP contribution in [-0.2, 0) is 0 Å². The van der Waals surface area contributed by atoms with Crippen LogP contribution in [0.3, 0.4) is 0 Å². The van der Waals surface area contributed by atoms with E-state index in [9.17, 15) is 20.0 Å². The van der Waals surface area contributed by atoms with E-state index in [-0.39, 0.29) is 22.0 Å². The molecule has 0 fully saturated rings. The predicted octanol–water partition coefficient (Wildman–Crippen LogP) is 5.48. The van der Waals surface area contributed by atoms with Crippen molar-refractivity contribution in [3.63, 3.8) is 0 Å². The Hall–Kier alpha value is -3.84. The first kappa shape index (κ1) is 18.5. The zero-order chi connectivity index (χ0) is 20.5. The Bertz CT molecular complexity index is 1360. The van der Waals surface area contributed by atoms with Crippen molar-refractivity contribution < 1.29 is 14.4 Å². The number of hydrogen-bond donors (Lipinski definition) is 2. The van der Waals surface area contributed by atoms with Crippen LogP contribution >= 0.6 is 11.6 Å². The maximum Gasteiger partial charge on any atom is 0.347 e. The molecule has 1 aromatic heterocycles. The van der Waals surface area contributed by atoms with Gasteiger partial charge in [-0.25, -0.2) is 4.79 Å². The quantitative estimate of drug-likeness (QED) is 0.152. The predicted molar refractivity (Wildman–Crippen MR) is 112 cm³/mol. The van der Waals surface area contributed by atoms with Crippen molar-refractivity contribution in [1.29, 1.82) is 0 Å². The SMILES string of the molecule is O=c1oc2ccc3ccccc3c2cc1/C(O)=C/Nc1ccc(Cl)c([N+](=O)[O-])c1. The van der Waals surface area contributed by atoms with Crippen molar-refractivity contribution in [1.82, 2.24) is 0 Å². The van der Waals surface area contributed by atoms with E-state index in [1.54, 1.807) is 12.1 Å². The molecule has 29 heavy (non-hydrogen) atoms. The lowest BCUT2D eigenvalue weighted by Crippen LogP contribution is -2.07. The lowest BCUT2D eigenvalue weighted by molar-refractivity contribution is -0.384. The highest BCUT2D eigenvalue weighted by atomic mass is 35.5. The fourth-order valence-corrected chi connectivity index (χ4v) is 3.21. The molecule has 4 aromatic rings. The zero-order valence-electron chi connectivity index (χ0n) is 14.8. The van der Waals surface area contributed by atoms with Gasteiger partial charge in [-0.1, -0.05) is 41.9 Å².